The summed E-state index contributed by atoms with van der Waals surface area (Å²) in [7, 11) is 0. The van der Waals surface area contributed by atoms with E-state index >= 15 is 0 Å². The Morgan fingerprint density at radius 1 is 1.62 bits per heavy atom. The van der Waals surface area contributed by atoms with Crippen LogP contribution < -0.4 is 0 Å². The molecule has 0 heterocycles. The van der Waals surface area contributed by atoms with Crippen molar-refractivity contribution in [2.45, 2.75) is 11.3 Å². The van der Waals surface area contributed by atoms with Crippen molar-refractivity contribution in [3.05, 3.63) is 28.2 Å². The first-order chi connectivity index (χ1) is 6.13. The summed E-state index contributed by atoms with van der Waals surface area (Å²) < 4.78 is 0.863. The number of benzene rings is 1. The zero-order valence-electron chi connectivity index (χ0n) is 7.08. The average molecular weight is 261 g/mol. The molecular weight excluding hydrogens is 252 g/mol. The fourth-order valence-electron chi connectivity index (χ4n) is 0.961. The van der Waals surface area contributed by atoms with Crippen LogP contribution in [0.1, 0.15) is 5.56 Å². The van der Waals surface area contributed by atoms with Crippen LogP contribution >= 0.6 is 27.7 Å². The molecule has 0 unspecified atom stereocenters. The third kappa shape index (κ3) is 3.04. The molecule has 0 amide bonds. The van der Waals surface area contributed by atoms with E-state index in [1.54, 1.807) is 11.8 Å². The number of hydrogen-bond donors (Lipinski definition) is 1. The summed E-state index contributed by atoms with van der Waals surface area (Å²) in [5.41, 5.74) is 0.810. The van der Waals surface area contributed by atoms with E-state index in [4.69, 9.17) is 5.11 Å². The Morgan fingerprint density at radius 2 is 2.31 bits per heavy atom. The number of rotatable bonds is 3. The highest BCUT2D eigenvalue weighted by Crippen LogP contribution is 2.24. The molecule has 0 fully saturated rings. The van der Waals surface area contributed by atoms with E-state index in [1.807, 2.05) is 24.5 Å². The maximum Gasteiger partial charge on any atom is 0.307 e. The first kappa shape index (κ1) is 10.6. The van der Waals surface area contributed by atoms with Gasteiger partial charge in [-0.25, -0.2) is 0 Å². The van der Waals surface area contributed by atoms with Crippen LogP contribution in [0.5, 0.6) is 0 Å². The van der Waals surface area contributed by atoms with Gasteiger partial charge in [-0.1, -0.05) is 22.0 Å². The van der Waals surface area contributed by atoms with Crippen LogP contribution in [-0.2, 0) is 11.2 Å². The molecule has 0 spiro atoms. The van der Waals surface area contributed by atoms with E-state index in [9.17, 15) is 4.79 Å². The highest BCUT2D eigenvalue weighted by Gasteiger charge is 2.05. The number of carboxylic acid groups (broad SMARTS) is 1. The van der Waals surface area contributed by atoms with Crippen LogP contribution in [0.15, 0.2) is 27.6 Å². The summed E-state index contributed by atoms with van der Waals surface area (Å²) in [4.78, 5) is 11.6. The van der Waals surface area contributed by atoms with Gasteiger partial charge in [0.2, 0.25) is 0 Å². The Hall–Kier alpha value is -0.480. The lowest BCUT2D eigenvalue weighted by Crippen LogP contribution is -2.00. The fourth-order valence-corrected chi connectivity index (χ4v) is 2.07. The molecule has 13 heavy (non-hydrogen) atoms. The highest BCUT2D eigenvalue weighted by atomic mass is 79.9. The lowest BCUT2D eigenvalue weighted by Gasteiger charge is -2.02. The van der Waals surface area contributed by atoms with E-state index in [0.29, 0.717) is 0 Å². The lowest BCUT2D eigenvalue weighted by atomic mass is 10.2. The number of carboxylic acids is 1. The summed E-state index contributed by atoms with van der Waals surface area (Å²) in [5.74, 6) is -0.808. The van der Waals surface area contributed by atoms with Crippen molar-refractivity contribution in [3.63, 3.8) is 0 Å². The van der Waals surface area contributed by atoms with Gasteiger partial charge in [-0.15, -0.1) is 11.8 Å². The predicted molar refractivity (Wildman–Crippen MR) is 57.3 cm³/mol. The van der Waals surface area contributed by atoms with Gasteiger partial charge in [0.15, 0.2) is 0 Å². The minimum Gasteiger partial charge on any atom is -0.481 e. The van der Waals surface area contributed by atoms with Gasteiger partial charge >= 0.3 is 5.97 Å². The molecule has 0 aliphatic rings. The molecule has 2 nitrogen and oxygen atoms in total. The lowest BCUT2D eigenvalue weighted by molar-refractivity contribution is -0.136. The SMILES string of the molecule is CSc1ccc(CC(=O)O)c(Br)c1. The Labute approximate surface area is 89.5 Å². The van der Waals surface area contributed by atoms with Gasteiger partial charge in [-0.05, 0) is 24.0 Å². The second-order valence-corrected chi connectivity index (χ2v) is 4.26. The topological polar surface area (TPSA) is 37.3 Å². The molecule has 70 valence electrons. The van der Waals surface area contributed by atoms with Crippen LogP contribution in [0.4, 0.5) is 0 Å². The molecule has 0 saturated carbocycles. The average Bonchev–Trinajstić information content (AvgIpc) is 2.08. The van der Waals surface area contributed by atoms with Crippen LogP contribution in [0.2, 0.25) is 0 Å². The molecule has 0 aliphatic heterocycles. The molecule has 0 aromatic heterocycles. The van der Waals surface area contributed by atoms with Crippen molar-refractivity contribution < 1.29 is 9.90 Å². The van der Waals surface area contributed by atoms with Crippen molar-refractivity contribution in [3.8, 4) is 0 Å². The van der Waals surface area contributed by atoms with Crippen LogP contribution in [-0.4, -0.2) is 17.3 Å². The zero-order chi connectivity index (χ0) is 9.84. The van der Waals surface area contributed by atoms with Crippen LogP contribution in [0, 0.1) is 0 Å². The molecule has 1 N–H and O–H groups in total. The second-order valence-electron chi connectivity index (χ2n) is 2.53. The minimum atomic E-state index is -0.808. The Morgan fingerprint density at radius 3 is 2.77 bits per heavy atom. The van der Waals surface area contributed by atoms with Gasteiger partial charge in [0.25, 0.3) is 0 Å². The van der Waals surface area contributed by atoms with Crippen molar-refractivity contribution in [1.82, 2.24) is 0 Å². The smallest absolute Gasteiger partial charge is 0.307 e. The van der Waals surface area contributed by atoms with E-state index in [1.165, 1.54) is 0 Å². The molecule has 1 rings (SSSR count). The summed E-state index contributed by atoms with van der Waals surface area (Å²) in [6.45, 7) is 0. The quantitative estimate of drug-likeness (QED) is 0.850. The van der Waals surface area contributed by atoms with Gasteiger partial charge in [0.05, 0.1) is 6.42 Å². The molecule has 0 bridgehead atoms. The van der Waals surface area contributed by atoms with E-state index in [2.05, 4.69) is 15.9 Å². The van der Waals surface area contributed by atoms with Gasteiger partial charge < -0.3 is 5.11 Å². The van der Waals surface area contributed by atoms with Gasteiger partial charge in [0.1, 0.15) is 0 Å². The number of aliphatic carboxylic acids is 1. The summed E-state index contributed by atoms with van der Waals surface area (Å²) in [5, 5.41) is 8.59. The molecular formula is C9H9BrO2S. The summed E-state index contributed by atoms with van der Waals surface area (Å²) >= 11 is 4.97. The van der Waals surface area contributed by atoms with E-state index in [-0.39, 0.29) is 6.42 Å². The largest absolute Gasteiger partial charge is 0.481 e. The molecule has 0 aliphatic carbocycles. The van der Waals surface area contributed by atoms with Crippen molar-refractivity contribution in [2.24, 2.45) is 0 Å². The molecule has 0 radical (unpaired) electrons. The van der Waals surface area contributed by atoms with Crippen molar-refractivity contribution >= 4 is 33.7 Å². The molecule has 0 atom stereocenters. The van der Waals surface area contributed by atoms with Crippen molar-refractivity contribution in [1.29, 1.82) is 0 Å². The normalized spacial score (nSPS) is 10.0. The third-order valence-electron chi connectivity index (χ3n) is 1.60. The van der Waals surface area contributed by atoms with Crippen LogP contribution in [0.3, 0.4) is 0 Å². The maximum absolute atomic E-state index is 10.4. The number of carbonyl (C=O) groups is 1. The molecule has 4 heteroatoms. The first-order valence-electron chi connectivity index (χ1n) is 3.67. The molecule has 0 saturated heterocycles. The van der Waals surface area contributed by atoms with Gasteiger partial charge in [-0.3, -0.25) is 4.79 Å². The van der Waals surface area contributed by atoms with Crippen molar-refractivity contribution in [2.75, 3.05) is 6.26 Å². The standard InChI is InChI=1S/C9H9BrO2S/c1-13-7-3-2-6(4-9(11)12)8(10)5-7/h2-3,5H,4H2,1H3,(H,11,12). The first-order valence-corrected chi connectivity index (χ1v) is 5.69. The number of halogens is 1. The van der Waals surface area contributed by atoms with Gasteiger partial charge in [0, 0.05) is 9.37 Å². The summed E-state index contributed by atoms with van der Waals surface area (Å²) in [6.07, 6.45) is 2.05. The molecule has 1 aromatic carbocycles. The zero-order valence-corrected chi connectivity index (χ0v) is 9.48. The minimum absolute atomic E-state index is 0.0647. The number of hydrogen-bond acceptors (Lipinski definition) is 2. The maximum atomic E-state index is 10.4. The van der Waals surface area contributed by atoms with Gasteiger partial charge in [-0.2, -0.15) is 0 Å². The summed E-state index contributed by atoms with van der Waals surface area (Å²) in [6, 6.07) is 5.70. The Bertz CT molecular complexity index is 325. The van der Waals surface area contributed by atoms with Crippen LogP contribution in [0.25, 0.3) is 0 Å². The Kier molecular flexibility index (Phi) is 3.81. The second kappa shape index (κ2) is 4.67. The third-order valence-corrected chi connectivity index (χ3v) is 3.07. The van der Waals surface area contributed by atoms with E-state index < -0.39 is 5.97 Å². The Balaban J connectivity index is 2.91. The molecule has 1 aromatic rings. The monoisotopic (exact) mass is 260 g/mol. The fraction of sp³-hybridized carbons (Fsp3) is 0.222. The highest BCUT2D eigenvalue weighted by molar-refractivity contribution is 9.10. The number of thioether (sulfide) groups is 1. The predicted octanol–water partition coefficient (Wildman–Crippen LogP) is 2.80. The van der Waals surface area contributed by atoms with E-state index in [0.717, 1.165) is 14.9 Å².